The molecule has 0 heterocycles. The molecule has 0 saturated carbocycles. The monoisotopic (exact) mass is 224 g/mol. The number of hydrogen-bond acceptors (Lipinski definition) is 5. The van der Waals surface area contributed by atoms with Crippen molar-refractivity contribution in [2.45, 2.75) is 0 Å². The number of nitrogens with zero attached hydrogens (tertiary/aromatic N) is 2. The average Bonchev–Trinajstić information content (AvgIpc) is 2.28. The third-order valence-electron chi connectivity index (χ3n) is 1.69. The van der Waals surface area contributed by atoms with E-state index in [1.165, 1.54) is 24.3 Å². The quantitative estimate of drug-likeness (QED) is 0.218. The summed E-state index contributed by atoms with van der Waals surface area (Å²) in [5, 5.41) is 23.4. The molecule has 1 aromatic carbocycles. The van der Waals surface area contributed by atoms with E-state index in [-0.39, 0.29) is 11.4 Å². The summed E-state index contributed by atoms with van der Waals surface area (Å²) in [6.45, 7) is 0. The minimum Gasteiger partial charge on any atom is -0.409 e. The molecule has 0 fully saturated rings. The molecule has 0 aromatic heterocycles. The Hall–Kier alpha value is -2.64. The van der Waals surface area contributed by atoms with Gasteiger partial charge in [-0.1, -0.05) is 17.3 Å². The summed E-state index contributed by atoms with van der Waals surface area (Å²) < 4.78 is 0. The molecule has 4 N–H and O–H groups in total. The SMILES string of the molecule is N/C(=N\O)C(=O)Nc1ccccc1[N+](=O)[O-]. The molecule has 0 aliphatic rings. The Balaban J connectivity index is 2.98. The summed E-state index contributed by atoms with van der Waals surface area (Å²) in [6, 6.07) is 5.52. The van der Waals surface area contributed by atoms with Gasteiger partial charge in [-0.05, 0) is 6.07 Å². The van der Waals surface area contributed by atoms with Crippen LogP contribution >= 0.6 is 0 Å². The number of oxime groups is 1. The zero-order valence-electron chi connectivity index (χ0n) is 7.95. The number of anilines is 1. The van der Waals surface area contributed by atoms with Crippen LogP contribution in [0.2, 0.25) is 0 Å². The van der Waals surface area contributed by atoms with Crippen molar-refractivity contribution in [1.82, 2.24) is 0 Å². The van der Waals surface area contributed by atoms with Crippen molar-refractivity contribution in [3.05, 3.63) is 34.4 Å². The van der Waals surface area contributed by atoms with Gasteiger partial charge in [-0.2, -0.15) is 0 Å². The topological polar surface area (TPSA) is 131 Å². The van der Waals surface area contributed by atoms with Crippen LogP contribution < -0.4 is 11.1 Å². The third-order valence-corrected chi connectivity index (χ3v) is 1.69. The zero-order chi connectivity index (χ0) is 12.1. The summed E-state index contributed by atoms with van der Waals surface area (Å²) in [5.74, 6) is -1.60. The predicted octanol–water partition coefficient (Wildman–Crippen LogP) is 0.280. The normalized spacial score (nSPS) is 10.9. The first-order valence-electron chi connectivity index (χ1n) is 4.08. The van der Waals surface area contributed by atoms with E-state index >= 15 is 0 Å². The van der Waals surface area contributed by atoms with Gasteiger partial charge in [0, 0.05) is 6.07 Å². The first-order valence-corrected chi connectivity index (χ1v) is 4.08. The highest BCUT2D eigenvalue weighted by atomic mass is 16.6. The van der Waals surface area contributed by atoms with Crippen LogP contribution in [0.5, 0.6) is 0 Å². The van der Waals surface area contributed by atoms with Gasteiger partial charge in [0.2, 0.25) is 5.84 Å². The molecule has 1 amide bonds. The van der Waals surface area contributed by atoms with Crippen LogP contribution in [0.25, 0.3) is 0 Å². The maximum Gasteiger partial charge on any atom is 0.294 e. The van der Waals surface area contributed by atoms with E-state index in [1.807, 2.05) is 0 Å². The van der Waals surface area contributed by atoms with E-state index < -0.39 is 16.7 Å². The molecule has 0 bridgehead atoms. The first-order chi connectivity index (χ1) is 7.56. The number of nitro benzene ring substituents is 1. The lowest BCUT2D eigenvalue weighted by molar-refractivity contribution is -0.383. The predicted molar refractivity (Wildman–Crippen MR) is 55.1 cm³/mol. The van der Waals surface area contributed by atoms with E-state index in [1.54, 1.807) is 0 Å². The van der Waals surface area contributed by atoms with Crippen molar-refractivity contribution in [3.8, 4) is 0 Å². The number of carbonyl (C=O) groups is 1. The molecule has 8 nitrogen and oxygen atoms in total. The highest BCUT2D eigenvalue weighted by Gasteiger charge is 2.16. The molecule has 8 heteroatoms. The molecule has 0 atom stereocenters. The molecule has 0 saturated heterocycles. The van der Waals surface area contributed by atoms with Crippen LogP contribution in [0.15, 0.2) is 29.4 Å². The lowest BCUT2D eigenvalue weighted by atomic mass is 10.2. The lowest BCUT2D eigenvalue weighted by Crippen LogP contribution is -2.30. The Bertz CT molecular complexity index is 457. The minimum absolute atomic E-state index is 0.0240. The van der Waals surface area contributed by atoms with Crippen LogP contribution in [0.3, 0.4) is 0 Å². The molecule has 0 radical (unpaired) electrons. The van der Waals surface area contributed by atoms with Crippen molar-refractivity contribution in [2.24, 2.45) is 10.9 Å². The fraction of sp³-hybridized carbons (Fsp3) is 0. The second kappa shape index (κ2) is 4.73. The summed E-state index contributed by atoms with van der Waals surface area (Å²) >= 11 is 0. The van der Waals surface area contributed by atoms with E-state index in [2.05, 4.69) is 10.5 Å². The molecule has 84 valence electrons. The number of para-hydroxylation sites is 2. The summed E-state index contributed by atoms with van der Waals surface area (Å²) in [6.07, 6.45) is 0. The third kappa shape index (κ3) is 2.44. The number of carbonyl (C=O) groups excluding carboxylic acids is 1. The molecule has 1 rings (SSSR count). The van der Waals surface area contributed by atoms with Crippen molar-refractivity contribution in [1.29, 1.82) is 0 Å². The Morgan fingerprint density at radius 3 is 2.69 bits per heavy atom. The van der Waals surface area contributed by atoms with Gasteiger partial charge in [0.1, 0.15) is 5.69 Å². The fourth-order valence-electron chi connectivity index (χ4n) is 0.970. The number of nitrogens with one attached hydrogen (secondary N) is 1. The van der Waals surface area contributed by atoms with Crippen molar-refractivity contribution >= 4 is 23.1 Å². The number of amidine groups is 1. The van der Waals surface area contributed by atoms with E-state index in [9.17, 15) is 14.9 Å². The van der Waals surface area contributed by atoms with Crippen LogP contribution in [-0.2, 0) is 4.79 Å². The standard InChI is InChI=1S/C8H8N4O4/c9-7(11-14)8(13)10-5-3-1-2-4-6(5)12(15)16/h1-4,14H,(H2,9,11)(H,10,13). The number of hydrogen-bond donors (Lipinski definition) is 3. The van der Waals surface area contributed by atoms with Gasteiger partial charge in [0.15, 0.2) is 0 Å². The highest BCUT2D eigenvalue weighted by Crippen LogP contribution is 2.22. The van der Waals surface area contributed by atoms with Gasteiger partial charge in [-0.15, -0.1) is 0 Å². The summed E-state index contributed by atoms with van der Waals surface area (Å²) in [5.41, 5.74) is 4.71. The second-order valence-electron chi connectivity index (χ2n) is 2.71. The van der Waals surface area contributed by atoms with Gasteiger partial charge in [0.25, 0.3) is 11.6 Å². The van der Waals surface area contributed by atoms with E-state index in [4.69, 9.17) is 10.9 Å². The molecule has 0 unspecified atom stereocenters. The van der Waals surface area contributed by atoms with Crippen molar-refractivity contribution in [3.63, 3.8) is 0 Å². The average molecular weight is 224 g/mol. The molecule has 0 aliphatic carbocycles. The van der Waals surface area contributed by atoms with Gasteiger partial charge < -0.3 is 16.3 Å². The molecule has 0 spiro atoms. The second-order valence-corrected chi connectivity index (χ2v) is 2.71. The first kappa shape index (κ1) is 11.4. The number of benzene rings is 1. The Morgan fingerprint density at radius 2 is 2.12 bits per heavy atom. The highest BCUT2D eigenvalue weighted by molar-refractivity contribution is 6.41. The number of nitro groups is 1. The number of amides is 1. The van der Waals surface area contributed by atoms with Crippen LogP contribution in [0, 0.1) is 10.1 Å². The Kier molecular flexibility index (Phi) is 3.38. The lowest BCUT2D eigenvalue weighted by Gasteiger charge is -2.03. The summed E-state index contributed by atoms with van der Waals surface area (Å²) in [4.78, 5) is 21.1. The smallest absolute Gasteiger partial charge is 0.294 e. The maximum atomic E-state index is 11.2. The molecule has 1 aromatic rings. The number of rotatable bonds is 2. The van der Waals surface area contributed by atoms with Gasteiger partial charge >= 0.3 is 0 Å². The van der Waals surface area contributed by atoms with Crippen molar-refractivity contribution < 1.29 is 14.9 Å². The van der Waals surface area contributed by atoms with Gasteiger partial charge in [-0.25, -0.2) is 0 Å². The zero-order valence-corrected chi connectivity index (χ0v) is 7.95. The van der Waals surface area contributed by atoms with Crippen molar-refractivity contribution in [2.75, 3.05) is 5.32 Å². The molecule has 0 aliphatic heterocycles. The minimum atomic E-state index is -0.920. The van der Waals surface area contributed by atoms with Crippen LogP contribution in [0.4, 0.5) is 11.4 Å². The molecular weight excluding hydrogens is 216 g/mol. The summed E-state index contributed by atoms with van der Waals surface area (Å²) in [7, 11) is 0. The Morgan fingerprint density at radius 1 is 1.50 bits per heavy atom. The maximum absolute atomic E-state index is 11.2. The van der Waals surface area contributed by atoms with Gasteiger partial charge in [0.05, 0.1) is 4.92 Å². The largest absolute Gasteiger partial charge is 0.409 e. The van der Waals surface area contributed by atoms with Gasteiger partial charge in [-0.3, -0.25) is 14.9 Å². The fourth-order valence-corrected chi connectivity index (χ4v) is 0.970. The van der Waals surface area contributed by atoms with E-state index in [0.717, 1.165) is 0 Å². The molecule has 16 heavy (non-hydrogen) atoms. The van der Waals surface area contributed by atoms with Crippen LogP contribution in [0.1, 0.15) is 0 Å². The van der Waals surface area contributed by atoms with Crippen LogP contribution in [-0.4, -0.2) is 21.9 Å². The molecular formula is C8H8N4O4. The Labute approximate surface area is 89.5 Å². The van der Waals surface area contributed by atoms with E-state index in [0.29, 0.717) is 0 Å². The number of nitrogens with two attached hydrogens (primary N) is 1.